The fourth-order valence-electron chi connectivity index (χ4n) is 3.34. The smallest absolute Gasteiger partial charge is 0.244 e. The molecular formula is C21H25ClN2O2. The highest BCUT2D eigenvalue weighted by Gasteiger charge is 2.20. The molecule has 4 nitrogen and oxygen atoms in total. The Balaban J connectivity index is 2.29. The minimum atomic E-state index is -0.284. The van der Waals surface area contributed by atoms with Gasteiger partial charge in [0.15, 0.2) is 0 Å². The van der Waals surface area contributed by atoms with Crippen molar-refractivity contribution in [2.45, 2.75) is 41.5 Å². The summed E-state index contributed by atoms with van der Waals surface area (Å²) in [6, 6.07) is 7.79. The maximum Gasteiger partial charge on any atom is 0.244 e. The summed E-state index contributed by atoms with van der Waals surface area (Å²) in [4.78, 5) is 26.3. The van der Waals surface area contributed by atoms with Crippen LogP contribution in [0.2, 0.25) is 5.02 Å². The Hall–Kier alpha value is -2.33. The number of benzene rings is 2. The zero-order valence-electron chi connectivity index (χ0n) is 16.2. The largest absolute Gasteiger partial charge is 0.323 e. The highest BCUT2D eigenvalue weighted by Crippen LogP contribution is 2.29. The van der Waals surface area contributed by atoms with E-state index in [4.69, 9.17) is 11.6 Å². The molecule has 0 aromatic heterocycles. The molecule has 0 aliphatic heterocycles. The van der Waals surface area contributed by atoms with Crippen molar-refractivity contribution in [1.29, 1.82) is 0 Å². The minimum Gasteiger partial charge on any atom is -0.323 e. The molecule has 2 aromatic rings. The quantitative estimate of drug-likeness (QED) is 0.831. The molecule has 26 heavy (non-hydrogen) atoms. The molecule has 0 unspecified atom stereocenters. The van der Waals surface area contributed by atoms with Gasteiger partial charge >= 0.3 is 0 Å². The van der Waals surface area contributed by atoms with Gasteiger partial charge in [0.25, 0.3) is 0 Å². The summed E-state index contributed by atoms with van der Waals surface area (Å²) in [7, 11) is 0. The van der Waals surface area contributed by atoms with Crippen molar-refractivity contribution in [2.24, 2.45) is 0 Å². The van der Waals surface area contributed by atoms with Gasteiger partial charge in [-0.15, -0.1) is 0 Å². The molecule has 0 saturated heterocycles. The van der Waals surface area contributed by atoms with Gasteiger partial charge in [0, 0.05) is 6.92 Å². The third kappa shape index (κ3) is 4.44. The second kappa shape index (κ2) is 7.92. The summed E-state index contributed by atoms with van der Waals surface area (Å²) >= 11 is 6.27. The molecule has 5 heteroatoms. The summed E-state index contributed by atoms with van der Waals surface area (Å²) < 4.78 is 0. The van der Waals surface area contributed by atoms with Crippen LogP contribution in [-0.4, -0.2) is 18.4 Å². The number of halogens is 1. The number of hydrogen-bond acceptors (Lipinski definition) is 2. The first-order valence-electron chi connectivity index (χ1n) is 8.52. The van der Waals surface area contributed by atoms with Crippen LogP contribution in [0.1, 0.15) is 34.7 Å². The molecule has 0 bridgehead atoms. The topological polar surface area (TPSA) is 49.4 Å². The van der Waals surface area contributed by atoms with Crippen LogP contribution in [0.25, 0.3) is 0 Å². The number of amides is 2. The van der Waals surface area contributed by atoms with Gasteiger partial charge in [-0.1, -0.05) is 35.4 Å². The Kier molecular flexibility index (Phi) is 6.09. The summed E-state index contributed by atoms with van der Waals surface area (Å²) in [5, 5.41) is 3.34. The first-order chi connectivity index (χ1) is 12.1. The van der Waals surface area contributed by atoms with E-state index in [2.05, 4.69) is 5.32 Å². The van der Waals surface area contributed by atoms with E-state index < -0.39 is 0 Å². The van der Waals surface area contributed by atoms with Crippen molar-refractivity contribution in [3.63, 3.8) is 0 Å². The standard InChI is InChI=1S/C21H25ClN2O2/c1-12-8-15(4)21(16(5)9-12)24(17(6)25)11-19(26)23-20-14(3)7-13(2)10-18(20)22/h7-10H,11H2,1-6H3,(H,23,26). The highest BCUT2D eigenvalue weighted by molar-refractivity contribution is 6.34. The number of aryl methyl sites for hydroxylation is 5. The molecule has 0 aliphatic rings. The van der Waals surface area contributed by atoms with Gasteiger partial charge in [-0.05, 0) is 62.9 Å². The van der Waals surface area contributed by atoms with Gasteiger partial charge in [-0.25, -0.2) is 0 Å². The predicted octanol–water partition coefficient (Wildman–Crippen LogP) is 4.87. The van der Waals surface area contributed by atoms with Crippen LogP contribution >= 0.6 is 11.6 Å². The van der Waals surface area contributed by atoms with Crippen LogP contribution in [0.4, 0.5) is 11.4 Å². The van der Waals surface area contributed by atoms with E-state index in [1.165, 1.54) is 11.8 Å². The van der Waals surface area contributed by atoms with Gasteiger partial charge in [0.2, 0.25) is 11.8 Å². The first kappa shape index (κ1) is 20.0. The van der Waals surface area contributed by atoms with Gasteiger partial charge < -0.3 is 10.2 Å². The number of carbonyl (C=O) groups is 2. The molecule has 0 atom stereocenters. The van der Waals surface area contributed by atoms with Crippen molar-refractivity contribution in [2.75, 3.05) is 16.8 Å². The van der Waals surface area contributed by atoms with E-state index in [0.29, 0.717) is 10.7 Å². The molecule has 0 saturated carbocycles. The average molecular weight is 373 g/mol. The van der Waals surface area contributed by atoms with Crippen molar-refractivity contribution < 1.29 is 9.59 Å². The van der Waals surface area contributed by atoms with Crippen LogP contribution in [0.15, 0.2) is 24.3 Å². The Morgan fingerprint density at radius 2 is 1.42 bits per heavy atom. The second-order valence-corrected chi connectivity index (χ2v) is 7.25. The lowest BCUT2D eigenvalue weighted by atomic mass is 10.0. The SMILES string of the molecule is CC(=O)N(CC(=O)Nc1c(C)cc(C)cc1Cl)c1c(C)cc(C)cc1C. The normalized spacial score (nSPS) is 10.6. The molecule has 0 spiro atoms. The lowest BCUT2D eigenvalue weighted by Crippen LogP contribution is -2.37. The molecular weight excluding hydrogens is 348 g/mol. The van der Waals surface area contributed by atoms with Crippen molar-refractivity contribution in [3.8, 4) is 0 Å². The zero-order chi connectivity index (χ0) is 19.6. The second-order valence-electron chi connectivity index (χ2n) is 6.84. The molecule has 0 fully saturated rings. The van der Waals surface area contributed by atoms with E-state index >= 15 is 0 Å². The molecule has 0 aliphatic carbocycles. The molecule has 2 rings (SSSR count). The Morgan fingerprint density at radius 3 is 1.92 bits per heavy atom. The van der Waals surface area contributed by atoms with Crippen molar-refractivity contribution >= 4 is 34.8 Å². The van der Waals surface area contributed by atoms with E-state index in [9.17, 15) is 9.59 Å². The van der Waals surface area contributed by atoms with E-state index in [0.717, 1.165) is 33.5 Å². The van der Waals surface area contributed by atoms with Crippen LogP contribution in [-0.2, 0) is 9.59 Å². The van der Waals surface area contributed by atoms with Crippen LogP contribution in [0, 0.1) is 34.6 Å². The van der Waals surface area contributed by atoms with Crippen LogP contribution in [0.3, 0.4) is 0 Å². The zero-order valence-corrected chi connectivity index (χ0v) is 16.9. The number of carbonyl (C=O) groups excluding carboxylic acids is 2. The molecule has 2 aromatic carbocycles. The Labute approximate surface area is 160 Å². The van der Waals surface area contributed by atoms with E-state index in [1.54, 1.807) is 6.07 Å². The minimum absolute atomic E-state index is 0.0658. The lowest BCUT2D eigenvalue weighted by molar-refractivity contribution is -0.120. The van der Waals surface area contributed by atoms with Crippen molar-refractivity contribution in [1.82, 2.24) is 0 Å². The van der Waals surface area contributed by atoms with Crippen LogP contribution < -0.4 is 10.2 Å². The molecule has 1 N–H and O–H groups in total. The average Bonchev–Trinajstić information content (AvgIpc) is 2.48. The number of nitrogens with one attached hydrogen (secondary N) is 1. The van der Waals surface area contributed by atoms with Gasteiger partial charge in [0.1, 0.15) is 6.54 Å². The highest BCUT2D eigenvalue weighted by atomic mass is 35.5. The van der Waals surface area contributed by atoms with Gasteiger partial charge in [-0.3, -0.25) is 9.59 Å². The molecule has 0 heterocycles. The summed E-state index contributed by atoms with van der Waals surface area (Å²) in [6.07, 6.45) is 0. The number of rotatable bonds is 4. The Morgan fingerprint density at radius 1 is 0.923 bits per heavy atom. The van der Waals surface area contributed by atoms with Gasteiger partial charge in [-0.2, -0.15) is 0 Å². The third-order valence-corrected chi connectivity index (χ3v) is 4.58. The van der Waals surface area contributed by atoms with E-state index in [1.807, 2.05) is 52.8 Å². The monoisotopic (exact) mass is 372 g/mol. The molecule has 2 amide bonds. The Bertz CT molecular complexity index is 828. The van der Waals surface area contributed by atoms with Gasteiger partial charge in [0.05, 0.1) is 16.4 Å². The molecule has 138 valence electrons. The predicted molar refractivity (Wildman–Crippen MR) is 108 cm³/mol. The van der Waals surface area contributed by atoms with E-state index in [-0.39, 0.29) is 18.4 Å². The third-order valence-electron chi connectivity index (χ3n) is 4.28. The number of nitrogens with zero attached hydrogens (tertiary/aromatic N) is 1. The fourth-order valence-corrected chi connectivity index (χ4v) is 3.71. The number of hydrogen-bond donors (Lipinski definition) is 1. The summed E-state index contributed by atoms with van der Waals surface area (Å²) in [5.74, 6) is -0.463. The number of anilines is 2. The first-order valence-corrected chi connectivity index (χ1v) is 8.90. The maximum atomic E-state index is 12.6. The lowest BCUT2D eigenvalue weighted by Gasteiger charge is -2.25. The van der Waals surface area contributed by atoms with Crippen molar-refractivity contribution in [3.05, 3.63) is 57.1 Å². The summed E-state index contributed by atoms with van der Waals surface area (Å²) in [6.45, 7) is 11.2. The maximum absolute atomic E-state index is 12.6. The molecule has 0 radical (unpaired) electrons. The summed E-state index contributed by atoms with van der Waals surface area (Å²) in [5.41, 5.74) is 6.35. The fraction of sp³-hybridized carbons (Fsp3) is 0.333. The van der Waals surface area contributed by atoms with Crippen LogP contribution in [0.5, 0.6) is 0 Å².